The predicted octanol–water partition coefficient (Wildman–Crippen LogP) is 5.36. The monoisotopic (exact) mass is 684 g/mol. The summed E-state index contributed by atoms with van der Waals surface area (Å²) in [6.07, 6.45) is 0. The van der Waals surface area contributed by atoms with Gasteiger partial charge in [-0.2, -0.15) is 0 Å². The lowest BCUT2D eigenvalue weighted by atomic mass is 10.0. The Morgan fingerprint density at radius 2 is 1.59 bits per heavy atom. The number of methoxy groups -OCH3 is 3. The molecule has 0 bridgehead atoms. The summed E-state index contributed by atoms with van der Waals surface area (Å²) in [6, 6.07) is 24.3. The lowest BCUT2D eigenvalue weighted by Gasteiger charge is -2.32. The third-order valence-electron chi connectivity index (χ3n) is 8.37. The first kappa shape index (κ1) is 33.6. The van der Waals surface area contributed by atoms with Gasteiger partial charge in [0.05, 0.1) is 40.1 Å². The van der Waals surface area contributed by atoms with E-state index in [4.69, 9.17) is 30.5 Å². The molecule has 0 spiro atoms. The van der Waals surface area contributed by atoms with Crippen LogP contribution in [0.2, 0.25) is 5.02 Å². The highest BCUT2D eigenvalue weighted by Crippen LogP contribution is 2.41. The number of aromatic nitrogens is 3. The van der Waals surface area contributed by atoms with Gasteiger partial charge in [-0.15, -0.1) is 5.10 Å². The average molecular weight is 685 g/mol. The maximum absolute atomic E-state index is 14.6. The molecule has 4 aromatic carbocycles. The van der Waals surface area contributed by atoms with Crippen molar-refractivity contribution in [3.63, 3.8) is 0 Å². The van der Waals surface area contributed by atoms with E-state index < -0.39 is 11.9 Å². The van der Waals surface area contributed by atoms with Crippen molar-refractivity contribution in [1.29, 1.82) is 0 Å². The maximum Gasteiger partial charge on any atom is 0.251 e. The molecule has 2 amide bonds. The van der Waals surface area contributed by atoms with Crippen LogP contribution in [-0.2, 0) is 27.4 Å². The van der Waals surface area contributed by atoms with Gasteiger partial charge in [-0.05, 0) is 71.8 Å². The molecule has 0 saturated carbocycles. The van der Waals surface area contributed by atoms with E-state index >= 15 is 0 Å². The smallest absolute Gasteiger partial charge is 0.251 e. The van der Waals surface area contributed by atoms with Crippen molar-refractivity contribution < 1.29 is 28.5 Å². The highest BCUT2D eigenvalue weighted by atomic mass is 35.5. The Balaban J connectivity index is 1.41. The van der Waals surface area contributed by atoms with Crippen LogP contribution in [0.5, 0.6) is 17.2 Å². The first-order valence-electron chi connectivity index (χ1n) is 15.7. The number of nitrogens with one attached hydrogen (secondary N) is 1. The second-order valence-corrected chi connectivity index (χ2v) is 11.8. The lowest BCUT2D eigenvalue weighted by molar-refractivity contribution is -0.140. The Labute approximate surface area is 289 Å². The summed E-state index contributed by atoms with van der Waals surface area (Å²) in [4.78, 5) is 32.8. The molecule has 1 saturated heterocycles. The highest BCUT2D eigenvalue weighted by molar-refractivity contribution is 6.30. The van der Waals surface area contributed by atoms with Crippen LogP contribution in [0.15, 0.2) is 84.9 Å². The predicted molar refractivity (Wildman–Crippen MR) is 186 cm³/mol. The standard InChI is InChI=1S/C36H37ClN6O6/c1-46-31-20-25(21-32(47-2)35(31)48-3)34(36(45)38-27-12-14-28(15-13-27)41-16-18-49-19-17-41)42(22-24-8-10-26(37)11-9-24)33(44)23-43-30-7-5-4-6-29(30)39-40-43/h4-15,20-21,34H,16-19,22-23H2,1-3H3,(H,38,45). The number of halogens is 1. The average Bonchev–Trinajstić information content (AvgIpc) is 3.54. The van der Waals surface area contributed by atoms with Crippen LogP contribution < -0.4 is 24.4 Å². The molecule has 5 aromatic rings. The van der Waals surface area contributed by atoms with Crippen LogP contribution in [-0.4, -0.2) is 79.3 Å². The van der Waals surface area contributed by atoms with E-state index in [0.717, 1.165) is 24.3 Å². The van der Waals surface area contributed by atoms with Crippen molar-refractivity contribution in [2.45, 2.75) is 19.1 Å². The third-order valence-corrected chi connectivity index (χ3v) is 8.62. The van der Waals surface area contributed by atoms with Crippen molar-refractivity contribution >= 4 is 45.8 Å². The molecule has 12 nitrogen and oxygen atoms in total. The van der Waals surface area contributed by atoms with Gasteiger partial charge in [0.25, 0.3) is 5.91 Å². The fourth-order valence-corrected chi connectivity index (χ4v) is 6.01. The molecular weight excluding hydrogens is 648 g/mol. The number of benzene rings is 4. The zero-order valence-electron chi connectivity index (χ0n) is 27.5. The van der Waals surface area contributed by atoms with Crippen LogP contribution in [0, 0.1) is 0 Å². The van der Waals surface area contributed by atoms with Crippen LogP contribution in [0.4, 0.5) is 11.4 Å². The number of fused-ring (bicyclic) bond motifs is 1. The number of carbonyl (C=O) groups excluding carboxylic acids is 2. The molecule has 1 atom stereocenters. The molecule has 0 radical (unpaired) electrons. The number of ether oxygens (including phenoxy) is 4. The maximum atomic E-state index is 14.6. The quantitative estimate of drug-likeness (QED) is 0.185. The summed E-state index contributed by atoms with van der Waals surface area (Å²) in [5.74, 6) is 0.217. The molecule has 1 aliphatic heterocycles. The van der Waals surface area contributed by atoms with Crippen molar-refractivity contribution in [3.8, 4) is 17.2 Å². The number of hydrogen-bond donors (Lipinski definition) is 1. The van der Waals surface area contributed by atoms with E-state index in [1.54, 1.807) is 24.3 Å². The largest absolute Gasteiger partial charge is 0.493 e. The Hall–Kier alpha value is -5.33. The first-order chi connectivity index (χ1) is 23.9. The van der Waals surface area contributed by atoms with Gasteiger partial charge in [-0.3, -0.25) is 9.59 Å². The molecule has 1 N–H and O–H groups in total. The lowest BCUT2D eigenvalue weighted by Crippen LogP contribution is -2.42. The van der Waals surface area contributed by atoms with Gasteiger partial charge in [0, 0.05) is 36.0 Å². The van der Waals surface area contributed by atoms with Crippen molar-refractivity contribution in [3.05, 3.63) is 101 Å². The second-order valence-electron chi connectivity index (χ2n) is 11.4. The van der Waals surface area contributed by atoms with E-state index in [-0.39, 0.29) is 19.0 Å². The number of anilines is 2. The zero-order chi connectivity index (χ0) is 34.3. The molecule has 6 rings (SSSR count). The SMILES string of the molecule is COc1cc(C(C(=O)Nc2ccc(N3CCOCC3)cc2)N(Cc2ccc(Cl)cc2)C(=O)Cn2nnc3ccccc32)cc(OC)c1OC. The molecule has 0 aliphatic carbocycles. The van der Waals surface area contributed by atoms with Gasteiger partial charge in [0.15, 0.2) is 11.5 Å². The van der Waals surface area contributed by atoms with Gasteiger partial charge in [0.1, 0.15) is 18.1 Å². The molecule has 1 aromatic heterocycles. The van der Waals surface area contributed by atoms with Gasteiger partial charge < -0.3 is 34.1 Å². The minimum atomic E-state index is -1.15. The summed E-state index contributed by atoms with van der Waals surface area (Å²) in [5.41, 5.74) is 4.15. The van der Waals surface area contributed by atoms with Crippen LogP contribution >= 0.6 is 11.6 Å². The number of morpholine rings is 1. The van der Waals surface area contributed by atoms with E-state index in [9.17, 15) is 9.59 Å². The van der Waals surface area contributed by atoms with E-state index in [1.165, 1.54) is 30.9 Å². The molecule has 2 heterocycles. The normalized spacial score (nSPS) is 13.5. The summed E-state index contributed by atoms with van der Waals surface area (Å²) < 4.78 is 23.9. The summed E-state index contributed by atoms with van der Waals surface area (Å²) in [7, 11) is 4.50. The summed E-state index contributed by atoms with van der Waals surface area (Å²) >= 11 is 6.20. The first-order valence-corrected chi connectivity index (χ1v) is 16.1. The molecule has 1 unspecified atom stereocenters. The van der Waals surface area contributed by atoms with Gasteiger partial charge in [-0.25, -0.2) is 4.68 Å². The van der Waals surface area contributed by atoms with Gasteiger partial charge in [0.2, 0.25) is 11.7 Å². The minimum Gasteiger partial charge on any atom is -0.493 e. The van der Waals surface area contributed by atoms with Crippen LogP contribution in [0.1, 0.15) is 17.2 Å². The molecule has 49 heavy (non-hydrogen) atoms. The fourth-order valence-electron chi connectivity index (χ4n) is 5.88. The van der Waals surface area contributed by atoms with E-state index in [0.29, 0.717) is 57.8 Å². The van der Waals surface area contributed by atoms with Gasteiger partial charge in [-0.1, -0.05) is 41.1 Å². The third kappa shape index (κ3) is 7.55. The van der Waals surface area contributed by atoms with Crippen LogP contribution in [0.3, 0.4) is 0 Å². The fraction of sp³-hybridized carbons (Fsp3) is 0.278. The van der Waals surface area contributed by atoms with Crippen molar-refractivity contribution in [2.75, 3.05) is 57.8 Å². The Bertz CT molecular complexity index is 1890. The highest BCUT2D eigenvalue weighted by Gasteiger charge is 2.34. The van der Waals surface area contributed by atoms with Gasteiger partial charge >= 0.3 is 0 Å². The zero-order valence-corrected chi connectivity index (χ0v) is 28.2. The molecular formula is C36H37ClN6O6. The molecule has 13 heteroatoms. The van der Waals surface area contributed by atoms with Crippen molar-refractivity contribution in [1.82, 2.24) is 19.9 Å². The van der Waals surface area contributed by atoms with E-state index in [2.05, 4.69) is 20.5 Å². The molecule has 254 valence electrons. The number of hydrogen-bond acceptors (Lipinski definition) is 9. The second kappa shape index (κ2) is 15.3. The Morgan fingerprint density at radius 1 is 0.918 bits per heavy atom. The Kier molecular flexibility index (Phi) is 10.5. The minimum absolute atomic E-state index is 0.0767. The summed E-state index contributed by atoms with van der Waals surface area (Å²) in [5, 5.41) is 12.1. The topological polar surface area (TPSA) is 120 Å². The van der Waals surface area contributed by atoms with Crippen LogP contribution in [0.25, 0.3) is 11.0 Å². The van der Waals surface area contributed by atoms with E-state index in [1.807, 2.05) is 60.7 Å². The number of para-hydroxylation sites is 1. The number of amides is 2. The molecule has 1 fully saturated rings. The van der Waals surface area contributed by atoms with Crippen molar-refractivity contribution in [2.24, 2.45) is 0 Å². The molecule has 1 aliphatic rings. The number of nitrogens with zero attached hydrogens (tertiary/aromatic N) is 5. The number of rotatable bonds is 12. The summed E-state index contributed by atoms with van der Waals surface area (Å²) in [6.45, 7) is 2.81. The Morgan fingerprint density at radius 3 is 2.24 bits per heavy atom. The number of carbonyl (C=O) groups is 2.